The van der Waals surface area contributed by atoms with Gasteiger partial charge in [0.15, 0.2) is 5.13 Å². The molecular formula is C24H24N4O3S2. The summed E-state index contributed by atoms with van der Waals surface area (Å²) in [5.74, 6) is 0.280. The molecule has 1 aromatic heterocycles. The lowest BCUT2D eigenvalue weighted by Gasteiger charge is -2.34. The standard InChI is InChI=1S/C24H24N4O3S2/c1-16-11-17(2)14-28(13-16)33(30,31)21-9-7-20(8-10-21)23(29)27-24-26-22(15-32-24)19-5-3-18(12-25)4-6-19/h3-10,15-17H,11,13-14H2,1-2H3,(H,26,27,29)/t16-,17+. The van der Waals surface area contributed by atoms with E-state index >= 15 is 0 Å². The van der Waals surface area contributed by atoms with E-state index in [0.717, 1.165) is 12.0 Å². The summed E-state index contributed by atoms with van der Waals surface area (Å²) in [7, 11) is -3.59. The van der Waals surface area contributed by atoms with Crippen LogP contribution in [-0.4, -0.2) is 36.7 Å². The highest BCUT2D eigenvalue weighted by atomic mass is 32.2. The molecule has 0 bridgehead atoms. The molecule has 9 heteroatoms. The van der Waals surface area contributed by atoms with Gasteiger partial charge in [-0.15, -0.1) is 11.3 Å². The van der Waals surface area contributed by atoms with Gasteiger partial charge in [-0.25, -0.2) is 13.4 Å². The fraction of sp³-hybridized carbons (Fsp3) is 0.292. The Hall–Kier alpha value is -3.06. The number of anilines is 1. The molecule has 33 heavy (non-hydrogen) atoms. The van der Waals surface area contributed by atoms with Crippen molar-refractivity contribution < 1.29 is 13.2 Å². The zero-order valence-corrected chi connectivity index (χ0v) is 20.0. The van der Waals surface area contributed by atoms with E-state index < -0.39 is 10.0 Å². The lowest BCUT2D eigenvalue weighted by molar-refractivity contribution is 0.102. The maximum absolute atomic E-state index is 13.0. The van der Waals surface area contributed by atoms with E-state index in [-0.39, 0.29) is 10.8 Å². The monoisotopic (exact) mass is 480 g/mol. The number of carbonyl (C=O) groups excluding carboxylic acids is 1. The van der Waals surface area contributed by atoms with Crippen LogP contribution in [0.15, 0.2) is 58.8 Å². The van der Waals surface area contributed by atoms with Crippen molar-refractivity contribution in [3.05, 3.63) is 65.0 Å². The first-order valence-electron chi connectivity index (χ1n) is 10.6. The van der Waals surface area contributed by atoms with Crippen LogP contribution in [0.2, 0.25) is 0 Å². The number of hydrogen-bond acceptors (Lipinski definition) is 6. The lowest BCUT2D eigenvalue weighted by Crippen LogP contribution is -2.42. The molecule has 3 aromatic rings. The van der Waals surface area contributed by atoms with E-state index in [4.69, 9.17) is 5.26 Å². The summed E-state index contributed by atoms with van der Waals surface area (Å²) in [5.41, 5.74) is 2.47. The Bertz CT molecular complexity index is 1280. The number of sulfonamides is 1. The van der Waals surface area contributed by atoms with Crippen LogP contribution in [0.3, 0.4) is 0 Å². The molecule has 170 valence electrons. The number of nitrogens with zero attached hydrogens (tertiary/aromatic N) is 3. The van der Waals surface area contributed by atoms with Crippen molar-refractivity contribution in [3.63, 3.8) is 0 Å². The number of benzene rings is 2. The molecule has 0 saturated carbocycles. The van der Waals surface area contributed by atoms with Crippen LogP contribution < -0.4 is 5.32 Å². The second kappa shape index (κ2) is 9.43. The Labute approximate surface area is 197 Å². The first-order chi connectivity index (χ1) is 15.8. The molecule has 1 amide bonds. The molecule has 0 radical (unpaired) electrons. The van der Waals surface area contributed by atoms with Gasteiger partial charge in [0.1, 0.15) is 0 Å². The van der Waals surface area contributed by atoms with Crippen molar-refractivity contribution in [2.45, 2.75) is 25.2 Å². The zero-order chi connectivity index (χ0) is 23.6. The highest BCUT2D eigenvalue weighted by Gasteiger charge is 2.31. The third-order valence-electron chi connectivity index (χ3n) is 5.62. The van der Waals surface area contributed by atoms with Gasteiger partial charge in [-0.1, -0.05) is 26.0 Å². The number of nitrogens with one attached hydrogen (secondary N) is 1. The summed E-state index contributed by atoms with van der Waals surface area (Å²) in [6.45, 7) is 5.16. The summed E-state index contributed by atoms with van der Waals surface area (Å²) in [6.07, 6.45) is 1.02. The molecule has 1 aliphatic rings. The molecule has 2 atom stereocenters. The third-order valence-corrected chi connectivity index (χ3v) is 8.23. The summed E-state index contributed by atoms with van der Waals surface area (Å²) in [4.78, 5) is 17.3. The minimum absolute atomic E-state index is 0.192. The van der Waals surface area contributed by atoms with E-state index in [2.05, 4.69) is 30.2 Å². The summed E-state index contributed by atoms with van der Waals surface area (Å²) >= 11 is 1.29. The fourth-order valence-corrected chi connectivity index (χ4v) is 6.47. The number of aromatic nitrogens is 1. The highest BCUT2D eigenvalue weighted by molar-refractivity contribution is 7.89. The van der Waals surface area contributed by atoms with Gasteiger partial charge in [0.25, 0.3) is 5.91 Å². The highest BCUT2D eigenvalue weighted by Crippen LogP contribution is 2.28. The Kier molecular flexibility index (Phi) is 6.61. The van der Waals surface area contributed by atoms with E-state index in [1.54, 1.807) is 16.4 Å². The molecule has 0 aliphatic carbocycles. The van der Waals surface area contributed by atoms with Gasteiger partial charge >= 0.3 is 0 Å². The number of amides is 1. The molecule has 4 rings (SSSR count). The SMILES string of the molecule is C[C@@H]1C[C@H](C)CN(S(=O)(=O)c2ccc(C(=O)Nc3nc(-c4ccc(C#N)cc4)cs3)cc2)C1. The lowest BCUT2D eigenvalue weighted by atomic mass is 9.94. The fourth-order valence-electron chi connectivity index (χ4n) is 4.08. The average Bonchev–Trinajstić information content (AvgIpc) is 3.27. The molecular weight excluding hydrogens is 456 g/mol. The Morgan fingerprint density at radius 3 is 2.33 bits per heavy atom. The number of carbonyl (C=O) groups is 1. The van der Waals surface area contributed by atoms with Gasteiger partial charge in [-0.3, -0.25) is 10.1 Å². The molecule has 1 N–H and O–H groups in total. The van der Waals surface area contributed by atoms with Gasteiger partial charge in [0, 0.05) is 29.6 Å². The number of thiazole rings is 1. The Morgan fingerprint density at radius 2 is 1.73 bits per heavy atom. The molecule has 7 nitrogen and oxygen atoms in total. The van der Waals surface area contributed by atoms with E-state index in [9.17, 15) is 13.2 Å². The van der Waals surface area contributed by atoms with Gasteiger partial charge < -0.3 is 0 Å². The van der Waals surface area contributed by atoms with Crippen LogP contribution in [0.5, 0.6) is 0 Å². The Morgan fingerprint density at radius 1 is 1.09 bits per heavy atom. The number of rotatable bonds is 5. The van der Waals surface area contributed by atoms with Crippen LogP contribution in [0, 0.1) is 23.2 Å². The second-order valence-corrected chi connectivity index (χ2v) is 11.3. The number of hydrogen-bond donors (Lipinski definition) is 1. The third kappa shape index (κ3) is 5.14. The van der Waals surface area contributed by atoms with Crippen molar-refractivity contribution in [3.8, 4) is 17.3 Å². The molecule has 0 spiro atoms. The molecule has 1 saturated heterocycles. The van der Waals surface area contributed by atoms with Crippen molar-refractivity contribution in [1.82, 2.24) is 9.29 Å². The second-order valence-electron chi connectivity index (χ2n) is 8.47. The predicted molar refractivity (Wildman–Crippen MR) is 128 cm³/mol. The summed E-state index contributed by atoms with van der Waals surface area (Å²) in [5, 5.41) is 13.9. The maximum Gasteiger partial charge on any atom is 0.257 e. The van der Waals surface area contributed by atoms with Crippen molar-refractivity contribution >= 4 is 32.4 Å². The minimum Gasteiger partial charge on any atom is -0.298 e. The van der Waals surface area contributed by atoms with Crippen LogP contribution in [-0.2, 0) is 10.0 Å². The predicted octanol–water partition coefficient (Wildman–Crippen LogP) is 4.60. The van der Waals surface area contributed by atoms with Crippen LogP contribution in [0.1, 0.15) is 36.2 Å². The average molecular weight is 481 g/mol. The number of piperidine rings is 1. The summed E-state index contributed by atoms with van der Waals surface area (Å²) in [6, 6.07) is 15.1. The van der Waals surface area contributed by atoms with E-state index in [1.165, 1.54) is 35.6 Å². The van der Waals surface area contributed by atoms with Gasteiger partial charge in [-0.2, -0.15) is 9.57 Å². The first kappa shape index (κ1) is 23.1. The van der Waals surface area contributed by atoms with Gasteiger partial charge in [-0.05, 0) is 54.7 Å². The van der Waals surface area contributed by atoms with Crippen molar-refractivity contribution in [2.24, 2.45) is 11.8 Å². The molecule has 2 aromatic carbocycles. The molecule has 1 fully saturated rings. The van der Waals surface area contributed by atoms with Gasteiger partial charge in [0.05, 0.1) is 22.2 Å². The van der Waals surface area contributed by atoms with E-state index in [1.807, 2.05) is 17.5 Å². The Balaban J connectivity index is 1.44. The zero-order valence-electron chi connectivity index (χ0n) is 18.4. The minimum atomic E-state index is -3.59. The van der Waals surface area contributed by atoms with Crippen LogP contribution in [0.25, 0.3) is 11.3 Å². The van der Waals surface area contributed by atoms with Gasteiger partial charge in [0.2, 0.25) is 10.0 Å². The molecule has 1 aliphatic heterocycles. The quantitative estimate of drug-likeness (QED) is 0.575. The largest absolute Gasteiger partial charge is 0.298 e. The van der Waals surface area contributed by atoms with Crippen molar-refractivity contribution in [1.29, 1.82) is 5.26 Å². The van der Waals surface area contributed by atoms with Crippen molar-refractivity contribution in [2.75, 3.05) is 18.4 Å². The molecule has 0 unspecified atom stereocenters. The maximum atomic E-state index is 13.0. The van der Waals surface area contributed by atoms with Crippen LogP contribution >= 0.6 is 11.3 Å². The first-order valence-corrected chi connectivity index (χ1v) is 13.0. The topological polar surface area (TPSA) is 103 Å². The smallest absolute Gasteiger partial charge is 0.257 e. The molecule has 2 heterocycles. The normalized spacial score (nSPS) is 19.1. The summed E-state index contributed by atoms with van der Waals surface area (Å²) < 4.78 is 27.6. The van der Waals surface area contributed by atoms with E-state index in [0.29, 0.717) is 46.9 Å². The van der Waals surface area contributed by atoms with Crippen LogP contribution in [0.4, 0.5) is 5.13 Å². The number of nitriles is 1.